The summed E-state index contributed by atoms with van der Waals surface area (Å²) >= 11 is 11.2. The number of rotatable bonds is 1. The van der Waals surface area contributed by atoms with E-state index < -0.39 is 4.92 Å². The molecule has 5 heteroatoms. The van der Waals surface area contributed by atoms with Gasteiger partial charge in [-0.1, -0.05) is 23.2 Å². The molecule has 0 atom stereocenters. The zero-order chi connectivity index (χ0) is 9.30. The minimum atomic E-state index is -0.551. The first-order valence-electron chi connectivity index (χ1n) is 2.98. The van der Waals surface area contributed by atoms with Crippen molar-refractivity contribution in [3.63, 3.8) is 0 Å². The molecule has 1 aromatic rings. The average Bonchev–Trinajstić information content (AvgIpc) is 2.00. The quantitative estimate of drug-likeness (QED) is 0.522. The van der Waals surface area contributed by atoms with Gasteiger partial charge in [0.15, 0.2) is 0 Å². The Morgan fingerprint density at radius 3 is 2.50 bits per heavy atom. The van der Waals surface area contributed by atoms with E-state index in [9.17, 15) is 10.1 Å². The van der Waals surface area contributed by atoms with Gasteiger partial charge >= 0.3 is 0 Å². The van der Waals surface area contributed by atoms with Gasteiger partial charge in [-0.2, -0.15) is 0 Å². The monoisotopic (exact) mass is 204 g/mol. The Morgan fingerprint density at radius 2 is 2.00 bits per heavy atom. The smallest absolute Gasteiger partial charge is 0.258 e. The molecule has 0 spiro atoms. The molecule has 0 saturated carbocycles. The van der Waals surface area contributed by atoms with E-state index in [-0.39, 0.29) is 21.3 Å². The number of nitro benzene ring substituents is 1. The van der Waals surface area contributed by atoms with Crippen molar-refractivity contribution in [1.82, 2.24) is 0 Å². The summed E-state index contributed by atoms with van der Waals surface area (Å²) in [5, 5.41) is 10.8. The van der Waals surface area contributed by atoms with Crippen LogP contribution in [-0.4, -0.2) is 4.92 Å². The molecule has 0 aliphatic rings. The molecule has 0 amide bonds. The highest BCUT2D eigenvalue weighted by Gasteiger charge is 2.14. The summed E-state index contributed by atoms with van der Waals surface area (Å²) in [4.78, 5) is 9.80. The van der Waals surface area contributed by atoms with Gasteiger partial charge in [-0.05, 0) is 13.0 Å². The van der Waals surface area contributed by atoms with E-state index in [0.717, 1.165) is 0 Å². The Bertz CT molecular complexity index is 338. The SMILES string of the molecule is [CH2]c1c([N+](=O)[O-])ccc(Cl)c1Cl. The minimum Gasteiger partial charge on any atom is -0.258 e. The van der Waals surface area contributed by atoms with Gasteiger partial charge in [0.05, 0.1) is 20.5 Å². The predicted molar refractivity (Wildman–Crippen MR) is 47.6 cm³/mol. The summed E-state index contributed by atoms with van der Waals surface area (Å²) in [6.45, 7) is 3.44. The van der Waals surface area contributed by atoms with Gasteiger partial charge in [0.25, 0.3) is 5.69 Å². The summed E-state index contributed by atoms with van der Waals surface area (Å²) in [5.74, 6) is 0. The van der Waals surface area contributed by atoms with Gasteiger partial charge in [-0.3, -0.25) is 10.1 Å². The van der Waals surface area contributed by atoms with E-state index in [1.165, 1.54) is 12.1 Å². The summed E-state index contributed by atoms with van der Waals surface area (Å²) in [5.41, 5.74) is 0.0265. The van der Waals surface area contributed by atoms with Crippen LogP contribution in [0, 0.1) is 17.0 Å². The van der Waals surface area contributed by atoms with Crippen molar-refractivity contribution in [3.8, 4) is 0 Å². The van der Waals surface area contributed by atoms with Gasteiger partial charge in [0.2, 0.25) is 0 Å². The Labute approximate surface area is 79.1 Å². The Balaban J connectivity index is 3.36. The first-order valence-corrected chi connectivity index (χ1v) is 3.74. The normalized spacial score (nSPS) is 9.92. The van der Waals surface area contributed by atoms with Crippen molar-refractivity contribution in [2.45, 2.75) is 0 Å². The molecule has 0 unspecified atom stereocenters. The van der Waals surface area contributed by atoms with Gasteiger partial charge in [-0.15, -0.1) is 0 Å². The van der Waals surface area contributed by atoms with Crippen LogP contribution in [-0.2, 0) is 0 Å². The fourth-order valence-electron chi connectivity index (χ4n) is 0.753. The fraction of sp³-hybridized carbons (Fsp3) is 0. The van der Waals surface area contributed by atoms with Crippen LogP contribution in [0.3, 0.4) is 0 Å². The number of hydrogen-bond acceptors (Lipinski definition) is 2. The maximum Gasteiger partial charge on any atom is 0.274 e. The molecule has 0 saturated heterocycles. The lowest BCUT2D eigenvalue weighted by molar-refractivity contribution is -0.385. The lowest BCUT2D eigenvalue weighted by atomic mass is 10.2. The molecular weight excluding hydrogens is 201 g/mol. The lowest BCUT2D eigenvalue weighted by Gasteiger charge is -2.00. The molecule has 0 bridgehead atoms. The highest BCUT2D eigenvalue weighted by atomic mass is 35.5. The van der Waals surface area contributed by atoms with Crippen molar-refractivity contribution in [1.29, 1.82) is 0 Å². The molecule has 0 aliphatic heterocycles. The topological polar surface area (TPSA) is 43.1 Å². The third-order valence-corrected chi connectivity index (χ3v) is 2.21. The lowest BCUT2D eigenvalue weighted by Crippen LogP contribution is -1.91. The summed E-state index contributed by atoms with van der Waals surface area (Å²) in [6.07, 6.45) is 0. The molecule has 1 rings (SSSR count). The first-order chi connectivity index (χ1) is 5.54. The molecule has 63 valence electrons. The fourth-order valence-corrected chi connectivity index (χ4v) is 1.09. The van der Waals surface area contributed by atoms with Crippen molar-refractivity contribution >= 4 is 28.9 Å². The zero-order valence-corrected chi connectivity index (χ0v) is 7.39. The Hall–Kier alpha value is -0.800. The Morgan fingerprint density at radius 1 is 1.42 bits per heavy atom. The number of nitrogens with zero attached hydrogens (tertiary/aromatic N) is 1. The first kappa shape index (κ1) is 9.29. The second-order valence-electron chi connectivity index (χ2n) is 2.12. The molecule has 0 aliphatic carbocycles. The summed E-state index contributed by atoms with van der Waals surface area (Å²) < 4.78 is 0. The standard InChI is InChI=1S/C7H4Cl2NO2/c1-4-6(10(11)12)3-2-5(8)7(4)9/h2-3H,1H2. The highest BCUT2D eigenvalue weighted by molar-refractivity contribution is 6.42. The maximum absolute atomic E-state index is 10.3. The molecule has 0 fully saturated rings. The molecule has 0 heterocycles. The van der Waals surface area contributed by atoms with Gasteiger partial charge < -0.3 is 0 Å². The zero-order valence-electron chi connectivity index (χ0n) is 5.88. The molecule has 3 nitrogen and oxygen atoms in total. The minimum absolute atomic E-state index is 0.121. The van der Waals surface area contributed by atoms with Crippen LogP contribution in [0.1, 0.15) is 5.56 Å². The number of halogens is 2. The largest absolute Gasteiger partial charge is 0.274 e. The number of nitro groups is 1. The van der Waals surface area contributed by atoms with E-state index in [0.29, 0.717) is 0 Å². The van der Waals surface area contributed by atoms with Crippen LogP contribution in [0.2, 0.25) is 10.0 Å². The van der Waals surface area contributed by atoms with Crippen LogP contribution in [0.25, 0.3) is 0 Å². The van der Waals surface area contributed by atoms with E-state index in [1.807, 2.05) is 0 Å². The predicted octanol–water partition coefficient (Wildman–Crippen LogP) is 3.08. The van der Waals surface area contributed by atoms with Crippen LogP contribution in [0.4, 0.5) is 5.69 Å². The average molecular weight is 205 g/mol. The summed E-state index contributed by atoms with van der Waals surface area (Å²) in [6, 6.07) is 2.65. The van der Waals surface area contributed by atoms with Gasteiger partial charge in [0, 0.05) is 6.07 Å². The van der Waals surface area contributed by atoms with Gasteiger partial charge in [0.1, 0.15) is 0 Å². The van der Waals surface area contributed by atoms with E-state index in [4.69, 9.17) is 23.2 Å². The third kappa shape index (κ3) is 1.52. The molecule has 1 radical (unpaired) electrons. The van der Waals surface area contributed by atoms with Crippen LogP contribution in [0.15, 0.2) is 12.1 Å². The Kier molecular flexibility index (Phi) is 2.55. The van der Waals surface area contributed by atoms with E-state index in [1.54, 1.807) is 0 Å². The third-order valence-electron chi connectivity index (χ3n) is 1.37. The second-order valence-corrected chi connectivity index (χ2v) is 2.90. The van der Waals surface area contributed by atoms with Crippen LogP contribution < -0.4 is 0 Å². The molecular formula is C7H4Cl2NO2. The van der Waals surface area contributed by atoms with Crippen LogP contribution in [0.5, 0.6) is 0 Å². The number of hydrogen-bond donors (Lipinski definition) is 0. The van der Waals surface area contributed by atoms with Crippen LogP contribution >= 0.6 is 23.2 Å². The molecule has 0 aromatic heterocycles. The maximum atomic E-state index is 10.3. The summed E-state index contributed by atoms with van der Waals surface area (Å²) in [7, 11) is 0. The highest BCUT2D eigenvalue weighted by Crippen LogP contribution is 2.31. The van der Waals surface area contributed by atoms with E-state index in [2.05, 4.69) is 6.92 Å². The van der Waals surface area contributed by atoms with Gasteiger partial charge in [-0.25, -0.2) is 0 Å². The van der Waals surface area contributed by atoms with Crippen molar-refractivity contribution < 1.29 is 4.92 Å². The van der Waals surface area contributed by atoms with Crippen molar-refractivity contribution in [3.05, 3.63) is 44.8 Å². The molecule has 0 N–H and O–H groups in total. The van der Waals surface area contributed by atoms with Crippen molar-refractivity contribution in [2.24, 2.45) is 0 Å². The molecule has 12 heavy (non-hydrogen) atoms. The van der Waals surface area contributed by atoms with Crippen molar-refractivity contribution in [2.75, 3.05) is 0 Å². The number of benzene rings is 1. The molecule has 1 aromatic carbocycles. The van der Waals surface area contributed by atoms with E-state index >= 15 is 0 Å². The second kappa shape index (κ2) is 3.29.